The van der Waals surface area contributed by atoms with Crippen LogP contribution in [0.3, 0.4) is 0 Å². The Morgan fingerprint density at radius 3 is 2.85 bits per heavy atom. The molecular formula is C14H10N4O2. The molecule has 6 heteroatoms. The number of aromatic carboxylic acids is 1. The lowest BCUT2D eigenvalue weighted by Crippen LogP contribution is -1.95. The first-order valence-electron chi connectivity index (χ1n) is 5.90. The maximum atomic E-state index is 11.0. The molecular weight excluding hydrogens is 256 g/mol. The van der Waals surface area contributed by atoms with Gasteiger partial charge in [0.1, 0.15) is 5.69 Å². The molecule has 0 spiro atoms. The summed E-state index contributed by atoms with van der Waals surface area (Å²) in [6.45, 7) is 0. The molecule has 0 saturated carbocycles. The summed E-state index contributed by atoms with van der Waals surface area (Å²) in [6.07, 6.45) is 5.09. The van der Waals surface area contributed by atoms with Gasteiger partial charge in [0.05, 0.1) is 23.6 Å². The van der Waals surface area contributed by atoms with Crippen molar-refractivity contribution >= 4 is 5.97 Å². The Hall–Kier alpha value is -3.02. The summed E-state index contributed by atoms with van der Waals surface area (Å²) in [7, 11) is 0. The fraction of sp³-hybridized carbons (Fsp3) is 0. The molecule has 1 aromatic carbocycles. The highest BCUT2D eigenvalue weighted by Crippen LogP contribution is 2.18. The second kappa shape index (κ2) is 4.93. The van der Waals surface area contributed by atoms with Crippen LogP contribution in [0.1, 0.15) is 10.4 Å². The first-order valence-corrected chi connectivity index (χ1v) is 5.90. The molecule has 2 aromatic heterocycles. The number of aromatic nitrogens is 4. The standard InChI is InChI=1S/C14H10N4O2/c19-14(20)11-4-1-3-10(7-11)13-9-18(17-16-13)12-5-2-6-15-8-12/h1-9H,(H,19,20). The Labute approximate surface area is 114 Å². The van der Waals surface area contributed by atoms with Gasteiger partial charge in [0.2, 0.25) is 0 Å². The molecule has 0 aliphatic rings. The molecule has 0 atom stereocenters. The van der Waals surface area contributed by atoms with Crippen LogP contribution in [0.2, 0.25) is 0 Å². The minimum Gasteiger partial charge on any atom is -0.478 e. The molecule has 0 radical (unpaired) electrons. The van der Waals surface area contributed by atoms with E-state index in [1.807, 2.05) is 12.1 Å². The highest BCUT2D eigenvalue weighted by Gasteiger charge is 2.08. The van der Waals surface area contributed by atoms with Crippen LogP contribution in [0.25, 0.3) is 16.9 Å². The zero-order chi connectivity index (χ0) is 13.9. The Morgan fingerprint density at radius 2 is 2.10 bits per heavy atom. The van der Waals surface area contributed by atoms with Gasteiger partial charge in [-0.1, -0.05) is 17.3 Å². The van der Waals surface area contributed by atoms with Gasteiger partial charge in [-0.3, -0.25) is 4.98 Å². The molecule has 6 nitrogen and oxygen atoms in total. The number of benzene rings is 1. The highest BCUT2D eigenvalue weighted by atomic mass is 16.4. The molecule has 0 fully saturated rings. The van der Waals surface area contributed by atoms with Crippen LogP contribution in [-0.2, 0) is 0 Å². The second-order valence-electron chi connectivity index (χ2n) is 4.15. The largest absolute Gasteiger partial charge is 0.478 e. The van der Waals surface area contributed by atoms with Crippen LogP contribution < -0.4 is 0 Å². The summed E-state index contributed by atoms with van der Waals surface area (Å²) in [5.74, 6) is -0.966. The van der Waals surface area contributed by atoms with Gasteiger partial charge in [0, 0.05) is 11.8 Å². The quantitative estimate of drug-likeness (QED) is 0.784. The van der Waals surface area contributed by atoms with Crippen LogP contribution in [0.5, 0.6) is 0 Å². The summed E-state index contributed by atoms with van der Waals surface area (Å²) in [5, 5.41) is 17.1. The highest BCUT2D eigenvalue weighted by molar-refractivity contribution is 5.89. The summed E-state index contributed by atoms with van der Waals surface area (Å²) in [5.41, 5.74) is 2.33. The van der Waals surface area contributed by atoms with Crippen molar-refractivity contribution in [2.24, 2.45) is 0 Å². The minimum atomic E-state index is -0.966. The third kappa shape index (κ3) is 2.26. The van der Waals surface area contributed by atoms with Gasteiger partial charge in [-0.15, -0.1) is 5.10 Å². The summed E-state index contributed by atoms with van der Waals surface area (Å²) in [4.78, 5) is 15.0. The number of hydrogen-bond acceptors (Lipinski definition) is 4. The van der Waals surface area contributed by atoms with E-state index >= 15 is 0 Å². The summed E-state index contributed by atoms with van der Waals surface area (Å²) >= 11 is 0. The molecule has 98 valence electrons. The smallest absolute Gasteiger partial charge is 0.335 e. The van der Waals surface area contributed by atoms with Crippen molar-refractivity contribution in [1.29, 1.82) is 0 Å². The van der Waals surface area contributed by atoms with E-state index in [9.17, 15) is 4.79 Å². The van der Waals surface area contributed by atoms with Crippen LogP contribution in [0.15, 0.2) is 55.0 Å². The van der Waals surface area contributed by atoms with Crippen LogP contribution >= 0.6 is 0 Å². The van der Waals surface area contributed by atoms with Crippen molar-refractivity contribution in [2.75, 3.05) is 0 Å². The molecule has 3 rings (SSSR count). The SMILES string of the molecule is O=C(O)c1cccc(-c2cn(-c3cccnc3)nn2)c1. The maximum Gasteiger partial charge on any atom is 0.335 e. The molecule has 1 N–H and O–H groups in total. The average molecular weight is 266 g/mol. The average Bonchev–Trinajstić information content (AvgIpc) is 2.98. The first-order chi connectivity index (χ1) is 9.74. The van der Waals surface area contributed by atoms with Crippen molar-refractivity contribution in [3.05, 3.63) is 60.6 Å². The predicted molar refractivity (Wildman–Crippen MR) is 71.5 cm³/mol. The van der Waals surface area contributed by atoms with Crippen molar-refractivity contribution in [3.63, 3.8) is 0 Å². The topological polar surface area (TPSA) is 80.9 Å². The molecule has 2 heterocycles. The molecule has 0 amide bonds. The lowest BCUT2D eigenvalue weighted by Gasteiger charge is -1.98. The van der Waals surface area contributed by atoms with Crippen LogP contribution in [0, 0.1) is 0 Å². The van der Waals surface area contributed by atoms with Crippen molar-refractivity contribution in [2.45, 2.75) is 0 Å². The molecule has 0 saturated heterocycles. The fourth-order valence-electron chi connectivity index (χ4n) is 1.82. The third-order valence-corrected chi connectivity index (χ3v) is 2.81. The van der Waals surface area contributed by atoms with Crippen LogP contribution in [0.4, 0.5) is 0 Å². The van der Waals surface area contributed by atoms with E-state index in [-0.39, 0.29) is 5.56 Å². The van der Waals surface area contributed by atoms with Crippen LogP contribution in [-0.4, -0.2) is 31.1 Å². The number of pyridine rings is 1. The number of carbonyl (C=O) groups is 1. The molecule has 0 bridgehead atoms. The van der Waals surface area contributed by atoms with E-state index in [0.717, 1.165) is 5.69 Å². The molecule has 3 aromatic rings. The van der Waals surface area contributed by atoms with Gasteiger partial charge in [-0.05, 0) is 24.3 Å². The maximum absolute atomic E-state index is 11.0. The minimum absolute atomic E-state index is 0.221. The van der Waals surface area contributed by atoms with E-state index in [1.54, 1.807) is 41.5 Å². The van der Waals surface area contributed by atoms with Gasteiger partial charge in [0.15, 0.2) is 0 Å². The number of rotatable bonds is 3. The Bertz CT molecular complexity index is 753. The zero-order valence-corrected chi connectivity index (χ0v) is 10.3. The van der Waals surface area contributed by atoms with E-state index in [2.05, 4.69) is 15.3 Å². The van der Waals surface area contributed by atoms with Gasteiger partial charge >= 0.3 is 5.97 Å². The van der Waals surface area contributed by atoms with Gasteiger partial charge in [-0.2, -0.15) is 0 Å². The van der Waals surface area contributed by atoms with Gasteiger partial charge in [-0.25, -0.2) is 9.48 Å². The second-order valence-corrected chi connectivity index (χ2v) is 4.15. The monoisotopic (exact) mass is 266 g/mol. The molecule has 20 heavy (non-hydrogen) atoms. The zero-order valence-electron chi connectivity index (χ0n) is 10.3. The van der Waals surface area contributed by atoms with E-state index < -0.39 is 5.97 Å². The lowest BCUT2D eigenvalue weighted by atomic mass is 10.1. The number of carboxylic acids is 1. The number of nitrogens with zero attached hydrogens (tertiary/aromatic N) is 4. The lowest BCUT2D eigenvalue weighted by molar-refractivity contribution is 0.0697. The number of hydrogen-bond donors (Lipinski definition) is 1. The Morgan fingerprint density at radius 1 is 1.20 bits per heavy atom. The summed E-state index contributed by atoms with van der Waals surface area (Å²) in [6, 6.07) is 10.3. The van der Waals surface area contributed by atoms with Crippen molar-refractivity contribution < 1.29 is 9.90 Å². The summed E-state index contributed by atoms with van der Waals surface area (Å²) < 4.78 is 1.59. The van der Waals surface area contributed by atoms with Gasteiger partial charge in [0.25, 0.3) is 0 Å². The third-order valence-electron chi connectivity index (χ3n) is 2.81. The van der Waals surface area contributed by atoms with E-state index in [4.69, 9.17) is 5.11 Å². The number of carboxylic acid groups (broad SMARTS) is 1. The molecule has 0 aliphatic carbocycles. The van der Waals surface area contributed by atoms with E-state index in [0.29, 0.717) is 11.3 Å². The normalized spacial score (nSPS) is 10.4. The Kier molecular flexibility index (Phi) is 2.96. The van der Waals surface area contributed by atoms with Gasteiger partial charge < -0.3 is 5.11 Å². The van der Waals surface area contributed by atoms with Crippen molar-refractivity contribution in [3.8, 4) is 16.9 Å². The van der Waals surface area contributed by atoms with Crippen molar-refractivity contribution in [1.82, 2.24) is 20.0 Å². The fourth-order valence-corrected chi connectivity index (χ4v) is 1.82. The molecule has 0 aliphatic heterocycles. The van der Waals surface area contributed by atoms with E-state index in [1.165, 1.54) is 6.07 Å². The predicted octanol–water partition coefficient (Wildman–Crippen LogP) is 2.03. The molecule has 0 unspecified atom stereocenters. The first kappa shape index (κ1) is 12.0. The Balaban J connectivity index is 1.98.